The van der Waals surface area contributed by atoms with Gasteiger partial charge in [0, 0.05) is 13.2 Å². The number of nitrogens with zero attached hydrogens (tertiary/aromatic N) is 1. The first kappa shape index (κ1) is 17.0. The van der Waals surface area contributed by atoms with Crippen LogP contribution in [-0.2, 0) is 4.74 Å². The fourth-order valence-electron chi connectivity index (χ4n) is 1.52. The van der Waals surface area contributed by atoms with Gasteiger partial charge < -0.3 is 10.1 Å². The van der Waals surface area contributed by atoms with Gasteiger partial charge in [0.25, 0.3) is 5.91 Å². The molecule has 0 aliphatic rings. The van der Waals surface area contributed by atoms with Gasteiger partial charge in [0.2, 0.25) is 5.82 Å². The highest BCUT2D eigenvalue weighted by molar-refractivity contribution is 5.95. The molecule has 0 radical (unpaired) electrons. The van der Waals surface area contributed by atoms with Crippen molar-refractivity contribution < 1.29 is 23.2 Å². The molecule has 116 valence electrons. The first-order chi connectivity index (χ1) is 9.82. The van der Waals surface area contributed by atoms with Crippen molar-refractivity contribution >= 4 is 11.6 Å². The van der Waals surface area contributed by atoms with Crippen molar-refractivity contribution in [2.75, 3.05) is 19.8 Å². The van der Waals surface area contributed by atoms with Crippen molar-refractivity contribution in [3.05, 3.63) is 39.4 Å². The van der Waals surface area contributed by atoms with E-state index in [0.717, 1.165) is 0 Å². The summed E-state index contributed by atoms with van der Waals surface area (Å²) < 4.78 is 32.1. The lowest BCUT2D eigenvalue weighted by Crippen LogP contribution is -2.28. The summed E-state index contributed by atoms with van der Waals surface area (Å²) in [6.07, 6.45) is 0. The summed E-state index contributed by atoms with van der Waals surface area (Å²) >= 11 is 0. The van der Waals surface area contributed by atoms with Gasteiger partial charge in [0.15, 0.2) is 0 Å². The maximum atomic E-state index is 13.7. The monoisotopic (exact) mass is 302 g/mol. The first-order valence-corrected chi connectivity index (χ1v) is 6.32. The van der Waals surface area contributed by atoms with E-state index in [-0.39, 0.29) is 13.2 Å². The fraction of sp³-hybridized carbons (Fsp3) is 0.462. The van der Waals surface area contributed by atoms with Gasteiger partial charge in [-0.05, 0) is 12.0 Å². The molecule has 21 heavy (non-hydrogen) atoms. The Balaban J connectivity index is 2.68. The highest BCUT2D eigenvalue weighted by Gasteiger charge is 2.23. The third-order valence-corrected chi connectivity index (χ3v) is 2.44. The van der Waals surface area contributed by atoms with E-state index in [1.807, 2.05) is 13.8 Å². The minimum atomic E-state index is -1.36. The van der Waals surface area contributed by atoms with Crippen molar-refractivity contribution in [1.29, 1.82) is 0 Å². The molecule has 6 nitrogen and oxygen atoms in total. The number of nitro benzene ring substituents is 1. The number of ether oxygens (including phenoxy) is 1. The average Bonchev–Trinajstić information content (AvgIpc) is 2.39. The molecule has 1 amide bonds. The summed E-state index contributed by atoms with van der Waals surface area (Å²) in [4.78, 5) is 21.2. The Hall–Kier alpha value is -2.09. The zero-order valence-corrected chi connectivity index (χ0v) is 11.7. The zero-order chi connectivity index (χ0) is 16.0. The Morgan fingerprint density at radius 3 is 2.67 bits per heavy atom. The van der Waals surface area contributed by atoms with Crippen LogP contribution in [0.5, 0.6) is 0 Å². The van der Waals surface area contributed by atoms with Crippen LogP contribution < -0.4 is 5.32 Å². The number of rotatable bonds is 7. The SMILES string of the molecule is CC(C)COCCNC(=O)c1cc(F)cc([N+](=O)[O-])c1F. The molecule has 1 rings (SSSR count). The highest BCUT2D eigenvalue weighted by atomic mass is 19.1. The molecule has 0 saturated heterocycles. The second kappa shape index (κ2) is 7.63. The molecule has 0 unspecified atom stereocenters. The summed E-state index contributed by atoms with van der Waals surface area (Å²) in [5, 5.41) is 12.9. The fourth-order valence-corrected chi connectivity index (χ4v) is 1.52. The molecule has 0 fully saturated rings. The van der Waals surface area contributed by atoms with Crippen LogP contribution in [-0.4, -0.2) is 30.6 Å². The molecule has 0 saturated carbocycles. The minimum Gasteiger partial charge on any atom is -0.379 e. The van der Waals surface area contributed by atoms with Crippen molar-refractivity contribution in [3.63, 3.8) is 0 Å². The zero-order valence-electron chi connectivity index (χ0n) is 11.7. The first-order valence-electron chi connectivity index (χ1n) is 6.32. The van der Waals surface area contributed by atoms with Crippen molar-refractivity contribution in [2.45, 2.75) is 13.8 Å². The predicted octanol–water partition coefficient (Wildman–Crippen LogP) is 2.28. The number of carbonyl (C=O) groups excluding carboxylic acids is 1. The van der Waals surface area contributed by atoms with Gasteiger partial charge in [0.1, 0.15) is 5.82 Å². The maximum absolute atomic E-state index is 13.7. The molecular weight excluding hydrogens is 286 g/mol. The van der Waals surface area contributed by atoms with Crippen LogP contribution in [0.4, 0.5) is 14.5 Å². The van der Waals surface area contributed by atoms with Crippen LogP contribution in [0.15, 0.2) is 12.1 Å². The summed E-state index contributed by atoms with van der Waals surface area (Å²) in [7, 11) is 0. The molecule has 0 atom stereocenters. The molecule has 0 spiro atoms. The lowest BCUT2D eigenvalue weighted by molar-refractivity contribution is -0.387. The summed E-state index contributed by atoms with van der Waals surface area (Å²) in [6, 6.07) is 1.05. The maximum Gasteiger partial charge on any atom is 0.308 e. The van der Waals surface area contributed by atoms with E-state index in [1.165, 1.54) is 0 Å². The van der Waals surface area contributed by atoms with Crippen molar-refractivity contribution in [2.24, 2.45) is 5.92 Å². The van der Waals surface area contributed by atoms with E-state index in [0.29, 0.717) is 24.7 Å². The quantitative estimate of drug-likeness (QED) is 0.476. The number of nitro groups is 1. The molecule has 1 aromatic rings. The van der Waals surface area contributed by atoms with Gasteiger partial charge in [-0.3, -0.25) is 14.9 Å². The summed E-state index contributed by atoms with van der Waals surface area (Å²) in [6.45, 7) is 4.73. The van der Waals surface area contributed by atoms with Gasteiger partial charge in [-0.15, -0.1) is 0 Å². The molecule has 0 bridgehead atoms. The molecule has 0 aromatic heterocycles. The molecule has 0 aliphatic heterocycles. The van der Waals surface area contributed by atoms with Crippen LogP contribution in [0.2, 0.25) is 0 Å². The number of hydrogen-bond acceptors (Lipinski definition) is 4. The molecular formula is C13H16F2N2O4. The molecule has 1 N–H and O–H groups in total. The van der Waals surface area contributed by atoms with Gasteiger partial charge >= 0.3 is 5.69 Å². The van der Waals surface area contributed by atoms with Gasteiger partial charge in [-0.1, -0.05) is 13.8 Å². The normalized spacial score (nSPS) is 10.7. The Kier molecular flexibility index (Phi) is 6.16. The molecule has 0 aliphatic carbocycles. The lowest BCUT2D eigenvalue weighted by atomic mass is 10.1. The summed E-state index contributed by atoms with van der Waals surface area (Å²) in [5.74, 6) is -3.00. The van der Waals surface area contributed by atoms with Crippen LogP contribution in [0.1, 0.15) is 24.2 Å². The highest BCUT2D eigenvalue weighted by Crippen LogP contribution is 2.22. The third kappa shape index (κ3) is 5.07. The summed E-state index contributed by atoms with van der Waals surface area (Å²) in [5.41, 5.74) is -1.78. The van der Waals surface area contributed by atoms with Gasteiger partial charge in [-0.25, -0.2) is 4.39 Å². The molecule has 1 aromatic carbocycles. The average molecular weight is 302 g/mol. The number of carbonyl (C=O) groups is 1. The van der Waals surface area contributed by atoms with E-state index < -0.39 is 33.7 Å². The Morgan fingerprint density at radius 2 is 2.10 bits per heavy atom. The van der Waals surface area contributed by atoms with Gasteiger partial charge in [0.05, 0.1) is 23.2 Å². The van der Waals surface area contributed by atoms with Crippen LogP contribution >= 0.6 is 0 Å². The van der Waals surface area contributed by atoms with Crippen LogP contribution in [0, 0.1) is 27.7 Å². The van der Waals surface area contributed by atoms with E-state index >= 15 is 0 Å². The predicted molar refractivity (Wildman–Crippen MR) is 71.0 cm³/mol. The second-order valence-corrected chi connectivity index (χ2v) is 4.77. The second-order valence-electron chi connectivity index (χ2n) is 4.77. The largest absolute Gasteiger partial charge is 0.379 e. The molecule has 0 heterocycles. The molecule has 8 heteroatoms. The lowest BCUT2D eigenvalue weighted by Gasteiger charge is -2.08. The van der Waals surface area contributed by atoms with Crippen molar-refractivity contribution in [3.8, 4) is 0 Å². The van der Waals surface area contributed by atoms with Crippen LogP contribution in [0.25, 0.3) is 0 Å². The van der Waals surface area contributed by atoms with Crippen LogP contribution in [0.3, 0.4) is 0 Å². The topological polar surface area (TPSA) is 81.5 Å². The van der Waals surface area contributed by atoms with E-state index in [9.17, 15) is 23.7 Å². The Bertz CT molecular complexity index is 535. The van der Waals surface area contributed by atoms with Gasteiger partial charge in [-0.2, -0.15) is 4.39 Å². The number of nitrogens with one attached hydrogen (secondary N) is 1. The number of benzene rings is 1. The van der Waals surface area contributed by atoms with E-state index in [2.05, 4.69) is 5.32 Å². The smallest absolute Gasteiger partial charge is 0.308 e. The Labute approximate surface area is 120 Å². The number of amides is 1. The standard InChI is InChI=1S/C13H16F2N2O4/c1-8(2)7-21-4-3-16-13(18)10-5-9(14)6-11(12(10)15)17(19)20/h5-6,8H,3-4,7H2,1-2H3,(H,16,18). The number of hydrogen-bond donors (Lipinski definition) is 1. The number of halogens is 2. The minimum absolute atomic E-state index is 0.0926. The van der Waals surface area contributed by atoms with E-state index in [4.69, 9.17) is 4.74 Å². The Morgan fingerprint density at radius 1 is 1.43 bits per heavy atom. The third-order valence-electron chi connectivity index (χ3n) is 2.44. The van der Waals surface area contributed by atoms with E-state index in [1.54, 1.807) is 0 Å². The van der Waals surface area contributed by atoms with Crippen molar-refractivity contribution in [1.82, 2.24) is 5.32 Å².